The summed E-state index contributed by atoms with van der Waals surface area (Å²) < 4.78 is 23.1. The summed E-state index contributed by atoms with van der Waals surface area (Å²) in [6.07, 6.45) is -0.285. The van der Waals surface area contributed by atoms with Crippen molar-refractivity contribution in [1.82, 2.24) is 0 Å². The number of ether oxygens (including phenoxy) is 2. The molecule has 4 rings (SSSR count). The largest absolute Gasteiger partial charge is 0.362 e. The van der Waals surface area contributed by atoms with E-state index in [0.717, 1.165) is 5.56 Å². The van der Waals surface area contributed by atoms with Gasteiger partial charge in [-0.15, -0.1) is 0 Å². The molecular weight excluding hydrogens is 524 g/mol. The number of hydrogen-bond acceptors (Lipinski definition) is 4. The first kappa shape index (κ1) is 29.5. The summed E-state index contributed by atoms with van der Waals surface area (Å²) in [6, 6.07) is 29.6. The predicted octanol–water partition coefficient (Wildman–Crippen LogP) is 6.26. The quantitative estimate of drug-likeness (QED) is 0.289. The predicted molar refractivity (Wildman–Crippen MR) is 163 cm³/mol. The van der Waals surface area contributed by atoms with Gasteiger partial charge in [-0.1, -0.05) is 75.5 Å². The van der Waals surface area contributed by atoms with Gasteiger partial charge in [0, 0.05) is 23.2 Å². The molecule has 4 nitrogen and oxygen atoms in total. The third-order valence-electron chi connectivity index (χ3n) is 5.69. The van der Waals surface area contributed by atoms with Crippen LogP contribution in [0.25, 0.3) is 0 Å². The Morgan fingerprint density at radius 3 is 1.72 bits per heavy atom. The van der Waals surface area contributed by atoms with E-state index >= 15 is 0 Å². The average molecular weight is 561 g/mol. The summed E-state index contributed by atoms with van der Waals surface area (Å²) in [5.41, 5.74) is 4.33. The fourth-order valence-corrected chi connectivity index (χ4v) is 7.23. The van der Waals surface area contributed by atoms with Gasteiger partial charge in [0.1, 0.15) is 5.54 Å². The molecule has 36 heavy (non-hydrogen) atoms. The number of aryl methyl sites for hydroxylation is 1. The van der Waals surface area contributed by atoms with Crippen molar-refractivity contribution in [2.45, 2.75) is 13.2 Å². The van der Waals surface area contributed by atoms with Crippen molar-refractivity contribution in [3.8, 4) is 0 Å². The van der Waals surface area contributed by atoms with Crippen LogP contribution in [0.15, 0.2) is 84.9 Å². The van der Waals surface area contributed by atoms with Crippen LogP contribution in [-0.4, -0.2) is 45.3 Å². The van der Waals surface area contributed by atoms with Crippen molar-refractivity contribution in [1.29, 1.82) is 0 Å². The van der Waals surface area contributed by atoms with E-state index in [1.807, 2.05) is 13.3 Å². The SMILES string of the molecule is CPOCC1(COPC)COC(c2ccc(C)cc2)OC1.PC=[P+](c1ccccc1)c1ccccc1. The Morgan fingerprint density at radius 2 is 1.31 bits per heavy atom. The normalized spacial score (nSPS) is 19.8. The van der Waals surface area contributed by atoms with Gasteiger partial charge in [-0.3, -0.25) is 0 Å². The maximum Gasteiger partial charge on any atom is 0.183 e. The average Bonchev–Trinajstić information content (AvgIpc) is 2.94. The summed E-state index contributed by atoms with van der Waals surface area (Å²) in [5.74, 6) is 0. The molecular formula is C28H37O4P4+. The van der Waals surface area contributed by atoms with E-state index in [-0.39, 0.29) is 19.3 Å². The summed E-state index contributed by atoms with van der Waals surface area (Å²) in [5, 5.41) is 2.79. The van der Waals surface area contributed by atoms with Crippen LogP contribution in [0.1, 0.15) is 17.4 Å². The zero-order chi connectivity index (χ0) is 25.6. The Hall–Kier alpha value is -1.04. The summed E-state index contributed by atoms with van der Waals surface area (Å²) >= 11 is 0. The van der Waals surface area contributed by atoms with Gasteiger partial charge in [-0.05, 0) is 44.5 Å². The van der Waals surface area contributed by atoms with Crippen molar-refractivity contribution in [2.24, 2.45) is 5.41 Å². The van der Waals surface area contributed by atoms with Crippen LogP contribution in [0, 0.1) is 12.3 Å². The van der Waals surface area contributed by atoms with Crippen LogP contribution in [0.3, 0.4) is 0 Å². The van der Waals surface area contributed by atoms with Gasteiger partial charge >= 0.3 is 0 Å². The molecule has 1 aliphatic rings. The molecule has 3 unspecified atom stereocenters. The molecule has 0 amide bonds. The zero-order valence-electron chi connectivity index (χ0n) is 21.2. The second-order valence-corrected chi connectivity index (χ2v) is 12.9. The second kappa shape index (κ2) is 16.0. The molecule has 0 bridgehead atoms. The van der Waals surface area contributed by atoms with E-state index in [1.165, 1.54) is 16.2 Å². The molecule has 0 N–H and O–H groups in total. The monoisotopic (exact) mass is 561 g/mol. The van der Waals surface area contributed by atoms with Gasteiger partial charge in [0.2, 0.25) is 0 Å². The van der Waals surface area contributed by atoms with Crippen molar-refractivity contribution >= 4 is 50.5 Å². The summed E-state index contributed by atoms with van der Waals surface area (Å²) in [4.78, 5) is 0. The van der Waals surface area contributed by atoms with E-state index in [4.69, 9.17) is 18.5 Å². The van der Waals surface area contributed by atoms with Gasteiger partial charge in [0.05, 0.1) is 31.8 Å². The van der Waals surface area contributed by atoms with Gasteiger partial charge in [0.25, 0.3) is 0 Å². The molecule has 0 aliphatic carbocycles. The van der Waals surface area contributed by atoms with Crippen LogP contribution in [-0.2, 0) is 18.5 Å². The lowest BCUT2D eigenvalue weighted by Crippen LogP contribution is -2.45. The second-order valence-electron chi connectivity index (χ2n) is 8.54. The van der Waals surface area contributed by atoms with E-state index in [0.29, 0.717) is 44.0 Å². The fraction of sp³-hybridized carbons (Fsp3) is 0.321. The van der Waals surface area contributed by atoms with Crippen molar-refractivity contribution in [3.05, 3.63) is 96.1 Å². The van der Waals surface area contributed by atoms with E-state index in [2.05, 4.69) is 107 Å². The smallest absolute Gasteiger partial charge is 0.183 e. The Bertz CT molecular complexity index is 987. The summed E-state index contributed by atoms with van der Waals surface area (Å²) in [7, 11) is 3.37. The molecule has 3 aromatic rings. The first-order chi connectivity index (χ1) is 17.6. The highest BCUT2D eigenvalue weighted by atomic mass is 31.1. The van der Waals surface area contributed by atoms with Crippen molar-refractivity contribution in [3.63, 3.8) is 0 Å². The first-order valence-electron chi connectivity index (χ1n) is 11.9. The Balaban J connectivity index is 0.000000212. The van der Waals surface area contributed by atoms with Crippen molar-refractivity contribution < 1.29 is 18.5 Å². The third-order valence-corrected chi connectivity index (χ3v) is 9.46. The maximum atomic E-state index is 5.94. The van der Waals surface area contributed by atoms with Crippen LogP contribution >= 0.6 is 34.4 Å². The van der Waals surface area contributed by atoms with Gasteiger partial charge in [0.15, 0.2) is 24.4 Å². The van der Waals surface area contributed by atoms with Gasteiger partial charge in [-0.25, -0.2) is 0 Å². The van der Waals surface area contributed by atoms with Crippen LogP contribution in [0.5, 0.6) is 0 Å². The molecule has 0 aromatic heterocycles. The highest BCUT2D eigenvalue weighted by Gasteiger charge is 2.38. The van der Waals surface area contributed by atoms with E-state index in [9.17, 15) is 0 Å². The lowest BCUT2D eigenvalue weighted by Gasteiger charge is -2.39. The maximum absolute atomic E-state index is 5.94. The van der Waals surface area contributed by atoms with Gasteiger partial charge in [-0.2, -0.15) is 0 Å². The lowest BCUT2D eigenvalue weighted by atomic mass is 9.91. The molecule has 0 radical (unpaired) electrons. The Morgan fingerprint density at radius 1 is 0.833 bits per heavy atom. The van der Waals surface area contributed by atoms with E-state index < -0.39 is 0 Å². The lowest BCUT2D eigenvalue weighted by molar-refractivity contribution is -0.244. The molecule has 1 heterocycles. The van der Waals surface area contributed by atoms with Crippen LogP contribution in [0.4, 0.5) is 0 Å². The first-order valence-corrected chi connectivity index (χ1v) is 16.8. The minimum absolute atomic E-state index is 0.187. The number of rotatable bonds is 9. The Labute approximate surface area is 223 Å². The standard InChI is InChI=1S/C15H24O4P2.C13H13P2/c1-12-4-6-13(7-5-12)14-16-8-15(9-17-14,10-18-20-2)11-19-21-3;14-11-15(12-7-3-1-4-8-12)13-9-5-2-6-10-13/h4-7,14,20-21H,8-11H2,1-3H3;1-11H,14H2/q;+1. The third kappa shape index (κ3) is 9.06. The molecule has 0 saturated carbocycles. The minimum Gasteiger partial charge on any atom is -0.362 e. The molecule has 192 valence electrons. The van der Waals surface area contributed by atoms with Gasteiger partial charge < -0.3 is 18.5 Å². The minimum atomic E-state index is -0.311. The molecule has 1 saturated heterocycles. The molecule has 1 aliphatic heterocycles. The van der Waals surface area contributed by atoms with E-state index in [1.54, 1.807) is 0 Å². The summed E-state index contributed by atoms with van der Waals surface area (Å²) in [6.45, 7) is 8.55. The molecule has 8 heteroatoms. The zero-order valence-corrected chi connectivity index (χ0v) is 25.3. The fourth-order valence-electron chi connectivity index (χ4n) is 3.67. The molecule has 3 aromatic carbocycles. The molecule has 1 fully saturated rings. The molecule has 3 atom stereocenters. The topological polar surface area (TPSA) is 36.9 Å². The van der Waals surface area contributed by atoms with Crippen molar-refractivity contribution in [2.75, 3.05) is 39.8 Å². The highest BCUT2D eigenvalue weighted by molar-refractivity contribution is 7.80. The van der Waals surface area contributed by atoms with Crippen LogP contribution < -0.4 is 10.6 Å². The number of hydrogen-bond donors (Lipinski definition) is 0. The van der Waals surface area contributed by atoms with Crippen LogP contribution in [0.2, 0.25) is 0 Å². The number of benzene rings is 3. The Kier molecular flexibility index (Phi) is 13.1. The molecule has 0 spiro atoms. The highest BCUT2D eigenvalue weighted by Crippen LogP contribution is 2.34.